The van der Waals surface area contributed by atoms with Gasteiger partial charge in [0, 0.05) is 0 Å². The monoisotopic (exact) mass is 173 g/mol. The number of hydrogen-bond donors (Lipinski definition) is 0. The van der Waals surface area contributed by atoms with Crippen molar-refractivity contribution in [2.45, 2.75) is 10.3 Å². The zero-order valence-electron chi connectivity index (χ0n) is 5.74. The topological polar surface area (TPSA) is 38.7 Å². The fourth-order valence-corrected chi connectivity index (χ4v) is 1.18. The first-order valence-corrected chi connectivity index (χ1v) is 5.09. The lowest BCUT2D eigenvalue weighted by atomic mass is 11.1. The molecule has 0 aliphatic carbocycles. The van der Waals surface area contributed by atoms with Crippen LogP contribution in [-0.2, 0) is 0 Å². The van der Waals surface area contributed by atoms with Crippen LogP contribution in [0.3, 0.4) is 0 Å². The van der Waals surface area contributed by atoms with Gasteiger partial charge in [-0.2, -0.15) is 4.98 Å². The Morgan fingerprint density at radius 2 is 1.60 bits per heavy atom. The maximum absolute atomic E-state index is 4.11. The molecule has 0 atom stereocenters. The van der Waals surface area contributed by atoms with Crippen molar-refractivity contribution in [3.63, 3.8) is 0 Å². The van der Waals surface area contributed by atoms with Crippen molar-refractivity contribution in [2.24, 2.45) is 0 Å². The second-order valence-electron chi connectivity index (χ2n) is 1.46. The Kier molecular flexibility index (Phi) is 2.95. The molecule has 0 aliphatic rings. The minimum absolute atomic E-state index is 0.777. The first-order valence-electron chi connectivity index (χ1n) is 2.64. The maximum Gasteiger partial charge on any atom is 0.191 e. The third kappa shape index (κ3) is 1.85. The molecule has 0 saturated carbocycles. The average molecular weight is 173 g/mol. The highest BCUT2D eigenvalue weighted by Crippen LogP contribution is 2.11. The molecular weight excluding hydrogens is 166 g/mol. The Morgan fingerprint density at radius 3 is 2.00 bits per heavy atom. The number of aromatic nitrogens is 3. The third-order valence-corrected chi connectivity index (χ3v) is 2.02. The van der Waals surface area contributed by atoms with E-state index < -0.39 is 0 Å². The molecule has 1 rings (SSSR count). The molecule has 1 aromatic heterocycles. The van der Waals surface area contributed by atoms with Gasteiger partial charge in [-0.1, -0.05) is 23.5 Å². The summed E-state index contributed by atoms with van der Waals surface area (Å²) in [5.41, 5.74) is 0. The summed E-state index contributed by atoms with van der Waals surface area (Å²) in [6.45, 7) is 0. The van der Waals surface area contributed by atoms with E-state index in [1.807, 2.05) is 12.5 Å². The van der Waals surface area contributed by atoms with Gasteiger partial charge in [-0.05, 0) is 12.5 Å². The Labute approximate surface area is 68.1 Å². The fourth-order valence-electron chi connectivity index (χ4n) is 0.464. The van der Waals surface area contributed by atoms with E-state index in [2.05, 4.69) is 15.0 Å². The van der Waals surface area contributed by atoms with E-state index in [0.717, 1.165) is 10.3 Å². The Morgan fingerprint density at radius 1 is 1.10 bits per heavy atom. The lowest BCUT2D eigenvalue weighted by Gasteiger charge is -1.94. The summed E-state index contributed by atoms with van der Waals surface area (Å²) in [6, 6.07) is 0. The van der Waals surface area contributed by atoms with Crippen LogP contribution in [0.5, 0.6) is 0 Å². The highest BCUT2D eigenvalue weighted by molar-refractivity contribution is 7.99. The zero-order valence-corrected chi connectivity index (χ0v) is 7.37. The van der Waals surface area contributed by atoms with Gasteiger partial charge in [-0.15, -0.1) is 0 Å². The molecule has 5 heteroatoms. The van der Waals surface area contributed by atoms with Gasteiger partial charge in [-0.3, -0.25) is 0 Å². The highest BCUT2D eigenvalue weighted by atomic mass is 32.2. The molecule has 3 nitrogen and oxygen atoms in total. The van der Waals surface area contributed by atoms with Crippen molar-refractivity contribution in [3.05, 3.63) is 6.33 Å². The minimum atomic E-state index is 0.777. The number of nitrogens with zero attached hydrogens (tertiary/aromatic N) is 3. The third-order valence-electron chi connectivity index (χ3n) is 0.893. The molecule has 0 bridgehead atoms. The van der Waals surface area contributed by atoms with Gasteiger partial charge in [0.1, 0.15) is 6.33 Å². The summed E-state index contributed by atoms with van der Waals surface area (Å²) in [5.74, 6) is 0. The second-order valence-corrected chi connectivity index (χ2v) is 3.01. The lowest BCUT2D eigenvalue weighted by Crippen LogP contribution is -1.89. The van der Waals surface area contributed by atoms with Gasteiger partial charge < -0.3 is 0 Å². The summed E-state index contributed by atoms with van der Waals surface area (Å²) in [5, 5.41) is 1.55. The highest BCUT2D eigenvalue weighted by Gasteiger charge is 1.95. The van der Waals surface area contributed by atoms with E-state index in [0.29, 0.717) is 0 Å². The molecule has 0 fully saturated rings. The van der Waals surface area contributed by atoms with Gasteiger partial charge in [0.2, 0.25) is 0 Å². The van der Waals surface area contributed by atoms with E-state index in [-0.39, 0.29) is 0 Å². The molecule has 1 heterocycles. The van der Waals surface area contributed by atoms with Gasteiger partial charge in [0.05, 0.1) is 0 Å². The van der Waals surface area contributed by atoms with Crippen molar-refractivity contribution in [3.8, 4) is 0 Å². The van der Waals surface area contributed by atoms with Gasteiger partial charge >= 0.3 is 0 Å². The van der Waals surface area contributed by atoms with Gasteiger partial charge in [0.25, 0.3) is 0 Å². The first kappa shape index (κ1) is 7.81. The fraction of sp³-hybridized carbons (Fsp3) is 0.400. The van der Waals surface area contributed by atoms with Crippen molar-refractivity contribution < 1.29 is 0 Å². The Bertz CT molecular complexity index is 197. The molecule has 0 unspecified atom stereocenters. The van der Waals surface area contributed by atoms with Crippen LogP contribution in [0, 0.1) is 0 Å². The molecule has 0 aromatic carbocycles. The molecule has 1 aromatic rings. The van der Waals surface area contributed by atoms with E-state index in [1.54, 1.807) is 0 Å². The number of hydrogen-bond acceptors (Lipinski definition) is 5. The summed E-state index contributed by atoms with van der Waals surface area (Å²) in [6.07, 6.45) is 5.42. The molecule has 54 valence electrons. The van der Waals surface area contributed by atoms with Crippen LogP contribution in [0.4, 0.5) is 0 Å². The normalized spacial score (nSPS) is 9.80. The first-order chi connectivity index (χ1) is 4.86. The molecule has 0 saturated heterocycles. The minimum Gasteiger partial charge on any atom is -0.211 e. The van der Waals surface area contributed by atoms with Crippen molar-refractivity contribution >= 4 is 23.5 Å². The quantitative estimate of drug-likeness (QED) is 0.631. The van der Waals surface area contributed by atoms with Crippen molar-refractivity contribution in [2.75, 3.05) is 12.5 Å². The Balaban J connectivity index is 2.87. The summed E-state index contributed by atoms with van der Waals surface area (Å²) >= 11 is 3.05. The number of rotatable bonds is 2. The van der Waals surface area contributed by atoms with Crippen LogP contribution >= 0.6 is 23.5 Å². The maximum atomic E-state index is 4.11. The van der Waals surface area contributed by atoms with Gasteiger partial charge in [-0.25, -0.2) is 9.97 Å². The summed E-state index contributed by atoms with van der Waals surface area (Å²) in [7, 11) is 0. The average Bonchev–Trinajstić information content (AvgIpc) is 2.05. The van der Waals surface area contributed by atoms with E-state index in [1.165, 1.54) is 29.9 Å². The van der Waals surface area contributed by atoms with E-state index in [9.17, 15) is 0 Å². The summed E-state index contributed by atoms with van der Waals surface area (Å²) in [4.78, 5) is 12.0. The molecule has 10 heavy (non-hydrogen) atoms. The largest absolute Gasteiger partial charge is 0.211 e. The zero-order chi connectivity index (χ0) is 7.40. The van der Waals surface area contributed by atoms with Crippen LogP contribution in [-0.4, -0.2) is 27.5 Å². The standard InChI is InChI=1S/C5H7N3S2/c1-9-4-6-3-7-5(8-4)10-2/h3H,1-2H3. The number of thioether (sulfide) groups is 2. The van der Waals surface area contributed by atoms with Crippen LogP contribution < -0.4 is 0 Å². The lowest BCUT2D eigenvalue weighted by molar-refractivity contribution is 0.803. The molecular formula is C5H7N3S2. The molecule has 0 N–H and O–H groups in total. The van der Waals surface area contributed by atoms with Crippen LogP contribution in [0.2, 0.25) is 0 Å². The van der Waals surface area contributed by atoms with E-state index >= 15 is 0 Å². The van der Waals surface area contributed by atoms with Gasteiger partial charge in [0.15, 0.2) is 10.3 Å². The second kappa shape index (κ2) is 3.78. The van der Waals surface area contributed by atoms with Crippen molar-refractivity contribution in [1.82, 2.24) is 15.0 Å². The van der Waals surface area contributed by atoms with Crippen LogP contribution in [0.25, 0.3) is 0 Å². The van der Waals surface area contributed by atoms with E-state index in [4.69, 9.17) is 0 Å². The molecule has 0 amide bonds. The smallest absolute Gasteiger partial charge is 0.191 e. The van der Waals surface area contributed by atoms with Crippen molar-refractivity contribution in [1.29, 1.82) is 0 Å². The summed E-state index contributed by atoms with van der Waals surface area (Å²) < 4.78 is 0. The Hall–Kier alpha value is -0.290. The molecule has 0 radical (unpaired) electrons. The molecule has 0 aliphatic heterocycles. The predicted molar refractivity (Wildman–Crippen MR) is 43.4 cm³/mol. The SMILES string of the molecule is CSc1ncnc(SC)n1. The van der Waals surface area contributed by atoms with Crippen LogP contribution in [0.1, 0.15) is 0 Å². The van der Waals surface area contributed by atoms with Crippen LogP contribution in [0.15, 0.2) is 16.6 Å². The predicted octanol–water partition coefficient (Wildman–Crippen LogP) is 1.32. The molecule has 0 spiro atoms.